The van der Waals surface area contributed by atoms with Crippen molar-refractivity contribution in [3.8, 4) is 0 Å². The van der Waals surface area contributed by atoms with Crippen LogP contribution in [0.5, 0.6) is 0 Å². The molecule has 0 unspecified atom stereocenters. The van der Waals surface area contributed by atoms with E-state index in [-0.39, 0.29) is 0 Å². The molecule has 0 aliphatic heterocycles. The van der Waals surface area contributed by atoms with Crippen LogP contribution in [0.1, 0.15) is 13.8 Å². The second-order valence-corrected chi connectivity index (χ2v) is 3.48. The Morgan fingerprint density at radius 1 is 1.69 bits per heavy atom. The Labute approximate surface area is 76.9 Å². The standard InChI is InChI=1S/C8H14N4O/c1-8(2,6(9)13)11-7-10-4-5-12(7)3/h4-5H,1-3H3,(H2,9,13)(H,10,11). The number of hydrogen-bond acceptors (Lipinski definition) is 3. The van der Waals surface area contributed by atoms with E-state index >= 15 is 0 Å². The van der Waals surface area contributed by atoms with Crippen molar-refractivity contribution in [2.24, 2.45) is 12.8 Å². The number of imidazole rings is 1. The van der Waals surface area contributed by atoms with Gasteiger partial charge in [0, 0.05) is 19.4 Å². The number of amides is 1. The highest BCUT2D eigenvalue weighted by atomic mass is 16.1. The maximum Gasteiger partial charge on any atom is 0.242 e. The molecule has 0 saturated heterocycles. The van der Waals surface area contributed by atoms with Gasteiger partial charge in [-0.1, -0.05) is 0 Å². The van der Waals surface area contributed by atoms with Crippen molar-refractivity contribution in [2.45, 2.75) is 19.4 Å². The summed E-state index contributed by atoms with van der Waals surface area (Å²) in [7, 11) is 1.84. The maximum absolute atomic E-state index is 11.0. The number of rotatable bonds is 3. The molecular formula is C8H14N4O. The first kappa shape index (κ1) is 9.57. The van der Waals surface area contributed by atoms with Crippen molar-refractivity contribution >= 4 is 11.9 Å². The molecule has 1 aromatic heterocycles. The first-order chi connectivity index (χ1) is 5.93. The lowest BCUT2D eigenvalue weighted by molar-refractivity contribution is -0.121. The minimum absolute atomic E-state index is 0.407. The molecular weight excluding hydrogens is 168 g/mol. The van der Waals surface area contributed by atoms with Gasteiger partial charge in [0.05, 0.1) is 0 Å². The van der Waals surface area contributed by atoms with Gasteiger partial charge >= 0.3 is 0 Å². The van der Waals surface area contributed by atoms with Crippen molar-refractivity contribution in [3.05, 3.63) is 12.4 Å². The lowest BCUT2D eigenvalue weighted by Crippen LogP contribution is -2.45. The topological polar surface area (TPSA) is 72.9 Å². The number of carbonyl (C=O) groups excluding carboxylic acids is 1. The zero-order chi connectivity index (χ0) is 10.1. The molecule has 0 aliphatic carbocycles. The van der Waals surface area contributed by atoms with Gasteiger partial charge in [0.1, 0.15) is 5.54 Å². The minimum Gasteiger partial charge on any atom is -0.368 e. The van der Waals surface area contributed by atoms with Crippen LogP contribution in [0.25, 0.3) is 0 Å². The summed E-state index contributed by atoms with van der Waals surface area (Å²) < 4.78 is 1.78. The smallest absolute Gasteiger partial charge is 0.242 e. The van der Waals surface area contributed by atoms with Gasteiger partial charge in [-0.05, 0) is 13.8 Å². The van der Waals surface area contributed by atoms with Crippen LogP contribution >= 0.6 is 0 Å². The molecule has 5 heteroatoms. The molecule has 0 atom stereocenters. The average Bonchev–Trinajstić information content (AvgIpc) is 2.35. The van der Waals surface area contributed by atoms with Crippen LogP contribution in [-0.4, -0.2) is 21.0 Å². The Balaban J connectivity index is 2.80. The van der Waals surface area contributed by atoms with Gasteiger partial charge in [-0.25, -0.2) is 4.98 Å². The predicted octanol–water partition coefficient (Wildman–Crippen LogP) is 0.0959. The number of nitrogens with one attached hydrogen (secondary N) is 1. The Morgan fingerprint density at radius 3 is 2.69 bits per heavy atom. The molecule has 72 valence electrons. The second kappa shape index (κ2) is 3.08. The minimum atomic E-state index is -0.779. The molecule has 0 saturated carbocycles. The predicted molar refractivity (Wildman–Crippen MR) is 50.1 cm³/mol. The maximum atomic E-state index is 11.0. The van der Waals surface area contributed by atoms with E-state index < -0.39 is 11.4 Å². The third-order valence-corrected chi connectivity index (χ3v) is 1.86. The Morgan fingerprint density at radius 2 is 2.31 bits per heavy atom. The van der Waals surface area contributed by atoms with Gasteiger partial charge in [-0.15, -0.1) is 0 Å². The van der Waals surface area contributed by atoms with Crippen LogP contribution in [0.3, 0.4) is 0 Å². The van der Waals surface area contributed by atoms with E-state index in [1.54, 1.807) is 30.8 Å². The Hall–Kier alpha value is -1.52. The number of hydrogen-bond donors (Lipinski definition) is 2. The highest BCUT2D eigenvalue weighted by Gasteiger charge is 2.25. The van der Waals surface area contributed by atoms with Gasteiger partial charge in [0.15, 0.2) is 0 Å². The molecule has 0 bridgehead atoms. The SMILES string of the molecule is Cn1ccnc1NC(C)(C)C(N)=O. The molecule has 1 aromatic rings. The summed E-state index contributed by atoms with van der Waals surface area (Å²) in [6, 6.07) is 0. The number of nitrogens with zero attached hydrogens (tertiary/aromatic N) is 2. The number of nitrogens with two attached hydrogens (primary N) is 1. The number of anilines is 1. The second-order valence-electron chi connectivity index (χ2n) is 3.48. The van der Waals surface area contributed by atoms with Gasteiger partial charge in [-0.2, -0.15) is 0 Å². The zero-order valence-electron chi connectivity index (χ0n) is 8.03. The van der Waals surface area contributed by atoms with Gasteiger partial charge in [-0.3, -0.25) is 4.79 Å². The van der Waals surface area contributed by atoms with Crippen LogP contribution in [-0.2, 0) is 11.8 Å². The molecule has 0 aliphatic rings. The molecule has 0 aromatic carbocycles. The van der Waals surface area contributed by atoms with E-state index in [4.69, 9.17) is 5.73 Å². The summed E-state index contributed by atoms with van der Waals surface area (Å²) in [6.45, 7) is 3.42. The van der Waals surface area contributed by atoms with Crippen molar-refractivity contribution in [1.29, 1.82) is 0 Å². The molecule has 0 radical (unpaired) electrons. The Bertz CT molecular complexity index is 316. The first-order valence-corrected chi connectivity index (χ1v) is 3.99. The van der Waals surface area contributed by atoms with Crippen LogP contribution < -0.4 is 11.1 Å². The molecule has 1 amide bonds. The van der Waals surface area contributed by atoms with Crippen molar-refractivity contribution in [3.63, 3.8) is 0 Å². The summed E-state index contributed by atoms with van der Waals surface area (Å²) in [5.74, 6) is 0.222. The van der Waals surface area contributed by atoms with Crippen LogP contribution in [0.2, 0.25) is 0 Å². The highest BCUT2D eigenvalue weighted by Crippen LogP contribution is 2.11. The first-order valence-electron chi connectivity index (χ1n) is 3.99. The van der Waals surface area contributed by atoms with E-state index in [0.717, 1.165) is 0 Å². The quantitative estimate of drug-likeness (QED) is 0.696. The lowest BCUT2D eigenvalue weighted by atomic mass is 10.1. The fourth-order valence-electron chi connectivity index (χ4n) is 0.827. The number of aromatic nitrogens is 2. The number of aryl methyl sites for hydroxylation is 1. The van der Waals surface area contributed by atoms with Gasteiger partial charge in [0.25, 0.3) is 0 Å². The average molecular weight is 182 g/mol. The van der Waals surface area contributed by atoms with E-state index in [1.807, 2.05) is 7.05 Å². The molecule has 3 N–H and O–H groups in total. The largest absolute Gasteiger partial charge is 0.368 e. The van der Waals surface area contributed by atoms with E-state index in [2.05, 4.69) is 10.3 Å². The summed E-state index contributed by atoms with van der Waals surface area (Å²) in [6.07, 6.45) is 3.44. The van der Waals surface area contributed by atoms with Crippen molar-refractivity contribution in [2.75, 3.05) is 5.32 Å². The lowest BCUT2D eigenvalue weighted by Gasteiger charge is -2.22. The summed E-state index contributed by atoms with van der Waals surface area (Å²) in [5.41, 5.74) is 4.42. The van der Waals surface area contributed by atoms with Gasteiger partial charge in [0.2, 0.25) is 11.9 Å². The monoisotopic (exact) mass is 182 g/mol. The van der Waals surface area contributed by atoms with E-state index in [1.165, 1.54) is 0 Å². The molecule has 1 heterocycles. The fraction of sp³-hybridized carbons (Fsp3) is 0.500. The van der Waals surface area contributed by atoms with Gasteiger partial charge < -0.3 is 15.6 Å². The third-order valence-electron chi connectivity index (χ3n) is 1.86. The molecule has 0 spiro atoms. The molecule has 0 fully saturated rings. The fourth-order valence-corrected chi connectivity index (χ4v) is 0.827. The number of primary amides is 1. The Kier molecular flexibility index (Phi) is 2.27. The highest BCUT2D eigenvalue weighted by molar-refractivity contribution is 5.86. The summed E-state index contributed by atoms with van der Waals surface area (Å²) in [5, 5.41) is 2.94. The van der Waals surface area contributed by atoms with Crippen LogP contribution in [0.4, 0.5) is 5.95 Å². The molecule has 13 heavy (non-hydrogen) atoms. The summed E-state index contributed by atoms with van der Waals surface area (Å²) in [4.78, 5) is 15.0. The normalized spacial score (nSPS) is 11.3. The summed E-state index contributed by atoms with van der Waals surface area (Å²) >= 11 is 0. The van der Waals surface area contributed by atoms with E-state index in [0.29, 0.717) is 5.95 Å². The molecule has 1 rings (SSSR count). The van der Waals surface area contributed by atoms with Crippen LogP contribution in [0, 0.1) is 0 Å². The third kappa shape index (κ3) is 1.99. The van der Waals surface area contributed by atoms with Crippen molar-refractivity contribution in [1.82, 2.24) is 9.55 Å². The van der Waals surface area contributed by atoms with E-state index in [9.17, 15) is 4.79 Å². The number of carbonyl (C=O) groups is 1. The zero-order valence-corrected chi connectivity index (χ0v) is 8.03. The molecule has 5 nitrogen and oxygen atoms in total. The van der Waals surface area contributed by atoms with Crippen molar-refractivity contribution < 1.29 is 4.79 Å². The van der Waals surface area contributed by atoms with Crippen LogP contribution in [0.15, 0.2) is 12.4 Å².